The lowest BCUT2D eigenvalue weighted by Gasteiger charge is -2.25. The van der Waals surface area contributed by atoms with Gasteiger partial charge in [0.2, 0.25) is 5.91 Å². The van der Waals surface area contributed by atoms with Gasteiger partial charge in [-0.05, 0) is 35.2 Å². The predicted molar refractivity (Wildman–Crippen MR) is 85.8 cm³/mol. The van der Waals surface area contributed by atoms with E-state index in [0.29, 0.717) is 24.0 Å². The number of thiophene rings is 1. The monoisotopic (exact) mass is 338 g/mol. The van der Waals surface area contributed by atoms with Crippen molar-refractivity contribution in [2.75, 3.05) is 18.9 Å². The summed E-state index contributed by atoms with van der Waals surface area (Å²) in [7, 11) is 0. The van der Waals surface area contributed by atoms with Crippen molar-refractivity contribution in [1.29, 1.82) is 0 Å². The maximum atomic E-state index is 12.5. The van der Waals surface area contributed by atoms with Gasteiger partial charge in [0, 0.05) is 19.7 Å². The van der Waals surface area contributed by atoms with Crippen molar-refractivity contribution in [2.45, 2.75) is 30.6 Å². The number of nitrogens with one attached hydrogen (secondary N) is 1. The Morgan fingerprint density at radius 1 is 1.59 bits per heavy atom. The molecule has 1 amide bonds. The molecule has 22 heavy (non-hydrogen) atoms. The van der Waals surface area contributed by atoms with Gasteiger partial charge in [-0.3, -0.25) is 9.89 Å². The van der Waals surface area contributed by atoms with E-state index in [1.165, 1.54) is 23.7 Å². The fourth-order valence-electron chi connectivity index (χ4n) is 2.38. The number of aromatic nitrogens is 3. The molecule has 1 saturated heterocycles. The van der Waals surface area contributed by atoms with Crippen LogP contribution in [-0.4, -0.2) is 51.0 Å². The first-order valence-electron chi connectivity index (χ1n) is 7.20. The van der Waals surface area contributed by atoms with Crippen molar-refractivity contribution >= 4 is 29.0 Å². The van der Waals surface area contributed by atoms with E-state index in [4.69, 9.17) is 4.74 Å². The van der Waals surface area contributed by atoms with E-state index in [9.17, 15) is 4.79 Å². The van der Waals surface area contributed by atoms with Crippen LogP contribution in [0.25, 0.3) is 0 Å². The van der Waals surface area contributed by atoms with E-state index in [1.807, 2.05) is 10.3 Å². The van der Waals surface area contributed by atoms with Gasteiger partial charge in [0.1, 0.15) is 6.33 Å². The molecule has 6 nitrogen and oxygen atoms in total. The standard InChI is InChI=1S/C14H18N4O2S2/c19-13(9-22-14-15-10-16-17-14)18(6-11-3-5-21-8-11)7-12-2-1-4-20-12/h3,5,8,10,12H,1-2,4,6-7,9H2,(H,15,16,17)/t12-/m1/s1. The highest BCUT2D eigenvalue weighted by molar-refractivity contribution is 7.99. The zero-order chi connectivity index (χ0) is 15.2. The molecular formula is C14H18N4O2S2. The van der Waals surface area contributed by atoms with Gasteiger partial charge in [-0.2, -0.15) is 16.4 Å². The molecule has 3 heterocycles. The maximum Gasteiger partial charge on any atom is 0.233 e. The first-order chi connectivity index (χ1) is 10.8. The summed E-state index contributed by atoms with van der Waals surface area (Å²) in [6.07, 6.45) is 3.72. The van der Waals surface area contributed by atoms with Crippen molar-refractivity contribution in [3.63, 3.8) is 0 Å². The summed E-state index contributed by atoms with van der Waals surface area (Å²) >= 11 is 3.03. The molecule has 0 saturated carbocycles. The molecule has 2 aromatic heterocycles. The molecule has 0 spiro atoms. The number of thioether (sulfide) groups is 1. The minimum Gasteiger partial charge on any atom is -0.376 e. The highest BCUT2D eigenvalue weighted by atomic mass is 32.2. The van der Waals surface area contributed by atoms with Gasteiger partial charge in [0.25, 0.3) is 0 Å². The first-order valence-corrected chi connectivity index (χ1v) is 9.13. The third kappa shape index (κ3) is 4.31. The number of ether oxygens (including phenoxy) is 1. The normalized spacial score (nSPS) is 17.7. The Morgan fingerprint density at radius 2 is 2.55 bits per heavy atom. The van der Waals surface area contributed by atoms with Crippen molar-refractivity contribution in [3.05, 3.63) is 28.7 Å². The lowest BCUT2D eigenvalue weighted by atomic mass is 10.2. The largest absolute Gasteiger partial charge is 0.376 e. The lowest BCUT2D eigenvalue weighted by Crippen LogP contribution is -2.37. The number of carbonyl (C=O) groups excluding carboxylic acids is 1. The van der Waals surface area contributed by atoms with Crippen molar-refractivity contribution in [3.8, 4) is 0 Å². The van der Waals surface area contributed by atoms with Crippen LogP contribution in [0.5, 0.6) is 0 Å². The van der Waals surface area contributed by atoms with E-state index in [1.54, 1.807) is 11.3 Å². The Morgan fingerprint density at radius 3 is 3.23 bits per heavy atom. The van der Waals surface area contributed by atoms with Crippen molar-refractivity contribution in [2.24, 2.45) is 0 Å². The Bertz CT molecular complexity index is 568. The molecule has 0 unspecified atom stereocenters. The van der Waals surface area contributed by atoms with E-state index in [2.05, 4.69) is 26.6 Å². The second-order valence-corrected chi connectivity index (χ2v) is 6.86. The Labute approximate surface area is 137 Å². The number of nitrogens with zero attached hydrogens (tertiary/aromatic N) is 3. The van der Waals surface area contributed by atoms with Crippen LogP contribution in [0.2, 0.25) is 0 Å². The highest BCUT2D eigenvalue weighted by Gasteiger charge is 2.23. The number of hydrogen-bond donors (Lipinski definition) is 1. The molecule has 1 atom stereocenters. The van der Waals surface area contributed by atoms with Crippen LogP contribution in [0.3, 0.4) is 0 Å². The molecule has 0 aromatic carbocycles. The second kappa shape index (κ2) is 7.75. The van der Waals surface area contributed by atoms with E-state index >= 15 is 0 Å². The summed E-state index contributed by atoms with van der Waals surface area (Å²) in [5.74, 6) is 0.453. The van der Waals surface area contributed by atoms with E-state index < -0.39 is 0 Å². The lowest BCUT2D eigenvalue weighted by molar-refractivity contribution is -0.130. The Balaban J connectivity index is 1.59. The zero-order valence-corrected chi connectivity index (χ0v) is 13.7. The number of aromatic amines is 1. The third-order valence-corrected chi connectivity index (χ3v) is 5.07. The minimum atomic E-state index is 0.100. The van der Waals surface area contributed by atoms with Crippen LogP contribution in [-0.2, 0) is 16.1 Å². The number of rotatable bonds is 7. The number of carbonyl (C=O) groups is 1. The topological polar surface area (TPSA) is 71.1 Å². The first kappa shape index (κ1) is 15.5. The van der Waals surface area contributed by atoms with Gasteiger partial charge in [-0.15, -0.1) is 0 Å². The average molecular weight is 338 g/mol. The Kier molecular flexibility index (Phi) is 5.47. The molecule has 1 fully saturated rings. The van der Waals surface area contributed by atoms with Gasteiger partial charge < -0.3 is 9.64 Å². The van der Waals surface area contributed by atoms with Crippen molar-refractivity contribution in [1.82, 2.24) is 20.1 Å². The predicted octanol–water partition coefficient (Wildman–Crippen LogP) is 2.17. The third-order valence-electron chi connectivity index (χ3n) is 3.48. The summed E-state index contributed by atoms with van der Waals surface area (Å²) in [5.41, 5.74) is 1.17. The van der Waals surface area contributed by atoms with Crippen LogP contribution in [0.1, 0.15) is 18.4 Å². The van der Waals surface area contributed by atoms with Crippen molar-refractivity contribution < 1.29 is 9.53 Å². The molecule has 0 bridgehead atoms. The molecule has 1 N–H and O–H groups in total. The van der Waals surface area contributed by atoms with Gasteiger partial charge >= 0.3 is 0 Å². The molecule has 3 rings (SSSR count). The van der Waals surface area contributed by atoms with E-state index in [0.717, 1.165) is 19.4 Å². The summed E-state index contributed by atoms with van der Waals surface area (Å²) < 4.78 is 5.68. The molecule has 1 aliphatic rings. The zero-order valence-electron chi connectivity index (χ0n) is 12.1. The van der Waals surface area contributed by atoms with Crippen LogP contribution >= 0.6 is 23.1 Å². The molecule has 8 heteroatoms. The van der Waals surface area contributed by atoms with Gasteiger partial charge in [0.05, 0.1) is 11.9 Å². The number of hydrogen-bond acceptors (Lipinski definition) is 6. The van der Waals surface area contributed by atoms with Gasteiger partial charge in [-0.1, -0.05) is 11.8 Å². The van der Waals surface area contributed by atoms with Crippen LogP contribution in [0, 0.1) is 0 Å². The molecule has 0 aliphatic carbocycles. The van der Waals surface area contributed by atoms with Crippen LogP contribution in [0.15, 0.2) is 28.3 Å². The SMILES string of the molecule is O=C(CSc1ncn[nH]1)N(Cc1ccsc1)C[C@H]1CCCO1. The quantitative estimate of drug-likeness (QED) is 0.784. The van der Waals surface area contributed by atoms with Gasteiger partial charge in [0.15, 0.2) is 5.16 Å². The highest BCUT2D eigenvalue weighted by Crippen LogP contribution is 2.18. The fraction of sp³-hybridized carbons (Fsp3) is 0.500. The molecule has 2 aromatic rings. The molecule has 118 valence electrons. The van der Waals surface area contributed by atoms with E-state index in [-0.39, 0.29) is 12.0 Å². The Hall–Kier alpha value is -1.38. The molecule has 0 radical (unpaired) electrons. The smallest absolute Gasteiger partial charge is 0.233 e. The summed E-state index contributed by atoms with van der Waals surface area (Å²) in [6, 6.07) is 2.06. The average Bonchev–Trinajstić information content (AvgIpc) is 3.27. The van der Waals surface area contributed by atoms with Crippen LogP contribution < -0.4 is 0 Å². The number of H-pyrrole nitrogens is 1. The molecular weight excluding hydrogens is 320 g/mol. The molecule has 1 aliphatic heterocycles. The summed E-state index contributed by atoms with van der Waals surface area (Å²) in [5, 5.41) is 11.3. The number of amides is 1. The second-order valence-electron chi connectivity index (χ2n) is 5.12. The minimum absolute atomic E-state index is 0.100. The summed E-state index contributed by atoms with van der Waals surface area (Å²) in [6.45, 7) is 2.10. The summed E-state index contributed by atoms with van der Waals surface area (Å²) in [4.78, 5) is 18.5. The van der Waals surface area contributed by atoms with Gasteiger partial charge in [-0.25, -0.2) is 4.98 Å². The maximum absolute atomic E-state index is 12.5. The fourth-order valence-corrected chi connectivity index (χ4v) is 3.72. The van der Waals surface area contributed by atoms with Crippen LogP contribution in [0.4, 0.5) is 0 Å².